The van der Waals surface area contributed by atoms with Crippen LogP contribution in [0.4, 0.5) is 0 Å². The molecular weight excluding hydrogens is 212 g/mol. The van der Waals surface area contributed by atoms with E-state index in [-0.39, 0.29) is 0 Å². The van der Waals surface area contributed by atoms with Crippen LogP contribution in [0.2, 0.25) is 0 Å². The summed E-state index contributed by atoms with van der Waals surface area (Å²) in [5, 5.41) is 3.66. The largest absolute Gasteiger partial charge is 0.376 e. The summed E-state index contributed by atoms with van der Waals surface area (Å²) in [5.41, 5.74) is 0. The molecule has 102 valence electrons. The summed E-state index contributed by atoms with van der Waals surface area (Å²) in [6.07, 6.45) is 4.15. The number of morpholine rings is 1. The first-order valence-electron chi connectivity index (χ1n) is 7.31. The van der Waals surface area contributed by atoms with E-state index in [1.54, 1.807) is 0 Å². The van der Waals surface area contributed by atoms with Crippen molar-refractivity contribution in [2.24, 2.45) is 0 Å². The summed E-state index contributed by atoms with van der Waals surface area (Å²) in [7, 11) is 0. The molecule has 1 aliphatic rings. The number of nitrogens with one attached hydrogen (secondary N) is 1. The van der Waals surface area contributed by atoms with E-state index in [1.807, 2.05) is 0 Å². The zero-order valence-electron chi connectivity index (χ0n) is 12.0. The molecule has 3 unspecified atom stereocenters. The summed E-state index contributed by atoms with van der Waals surface area (Å²) in [6, 6.07) is 1.31. The normalized spacial score (nSPS) is 25.8. The number of nitrogens with zero attached hydrogens (tertiary/aromatic N) is 1. The van der Waals surface area contributed by atoms with E-state index in [2.05, 4.69) is 37.9 Å². The minimum absolute atomic E-state index is 0.390. The summed E-state index contributed by atoms with van der Waals surface area (Å²) in [6.45, 7) is 13.1. The molecule has 17 heavy (non-hydrogen) atoms. The lowest BCUT2D eigenvalue weighted by atomic mass is 9.98. The quantitative estimate of drug-likeness (QED) is 0.741. The molecule has 0 aromatic heterocycles. The molecule has 3 heteroatoms. The summed E-state index contributed by atoms with van der Waals surface area (Å²) in [4.78, 5) is 2.62. The van der Waals surface area contributed by atoms with Gasteiger partial charge in [0.1, 0.15) is 0 Å². The second-order valence-electron chi connectivity index (χ2n) is 5.10. The van der Waals surface area contributed by atoms with Gasteiger partial charge < -0.3 is 10.1 Å². The van der Waals surface area contributed by atoms with Crippen LogP contribution in [0.15, 0.2) is 0 Å². The molecule has 0 aliphatic carbocycles. The van der Waals surface area contributed by atoms with Gasteiger partial charge in [-0.15, -0.1) is 0 Å². The molecule has 1 fully saturated rings. The van der Waals surface area contributed by atoms with E-state index in [1.165, 1.54) is 19.3 Å². The molecule has 0 aromatic carbocycles. The highest BCUT2D eigenvalue weighted by molar-refractivity contribution is 4.85. The van der Waals surface area contributed by atoms with Crippen LogP contribution in [0.1, 0.15) is 47.0 Å². The van der Waals surface area contributed by atoms with Gasteiger partial charge in [-0.25, -0.2) is 0 Å². The van der Waals surface area contributed by atoms with Crippen molar-refractivity contribution in [3.05, 3.63) is 0 Å². The van der Waals surface area contributed by atoms with E-state index in [0.29, 0.717) is 18.2 Å². The van der Waals surface area contributed by atoms with Crippen molar-refractivity contribution in [2.75, 3.05) is 26.2 Å². The lowest BCUT2D eigenvalue weighted by molar-refractivity contribution is -0.0407. The first kappa shape index (κ1) is 14.9. The van der Waals surface area contributed by atoms with Crippen LogP contribution in [-0.2, 0) is 4.74 Å². The third-order valence-electron chi connectivity index (χ3n) is 3.69. The maximum atomic E-state index is 5.64. The van der Waals surface area contributed by atoms with Gasteiger partial charge in [0, 0.05) is 25.2 Å². The first-order chi connectivity index (χ1) is 8.22. The topological polar surface area (TPSA) is 24.5 Å². The van der Waals surface area contributed by atoms with Crippen LogP contribution in [0.5, 0.6) is 0 Å². The molecule has 0 radical (unpaired) electrons. The van der Waals surface area contributed by atoms with Crippen molar-refractivity contribution in [3.8, 4) is 0 Å². The SMILES string of the molecule is CCCC(NCC)C(CC)N1CCOC(C)C1. The van der Waals surface area contributed by atoms with Crippen LogP contribution in [0.3, 0.4) is 0 Å². The Morgan fingerprint density at radius 1 is 1.35 bits per heavy atom. The number of rotatable bonds is 7. The predicted octanol–water partition coefficient (Wildman–Crippen LogP) is 2.26. The molecule has 0 aromatic rings. The van der Waals surface area contributed by atoms with Crippen molar-refractivity contribution < 1.29 is 4.74 Å². The number of ether oxygens (including phenoxy) is 1. The summed E-state index contributed by atoms with van der Waals surface area (Å²) < 4.78 is 5.64. The molecule has 1 rings (SSSR count). The van der Waals surface area contributed by atoms with Gasteiger partial charge in [-0.1, -0.05) is 27.2 Å². The van der Waals surface area contributed by atoms with Gasteiger partial charge in [-0.2, -0.15) is 0 Å². The molecular formula is C14H30N2O. The average molecular weight is 242 g/mol. The van der Waals surface area contributed by atoms with Crippen LogP contribution in [-0.4, -0.2) is 49.3 Å². The minimum Gasteiger partial charge on any atom is -0.376 e. The van der Waals surface area contributed by atoms with Crippen LogP contribution < -0.4 is 5.32 Å². The van der Waals surface area contributed by atoms with Crippen LogP contribution in [0.25, 0.3) is 0 Å². The summed E-state index contributed by atoms with van der Waals surface area (Å²) >= 11 is 0. The van der Waals surface area contributed by atoms with E-state index < -0.39 is 0 Å². The molecule has 0 saturated carbocycles. The van der Waals surface area contributed by atoms with Crippen LogP contribution >= 0.6 is 0 Å². The Hall–Kier alpha value is -0.120. The zero-order valence-corrected chi connectivity index (χ0v) is 12.0. The van der Waals surface area contributed by atoms with Gasteiger partial charge in [0.2, 0.25) is 0 Å². The molecule has 1 aliphatic heterocycles. The fraction of sp³-hybridized carbons (Fsp3) is 1.00. The van der Waals surface area contributed by atoms with E-state index in [9.17, 15) is 0 Å². The van der Waals surface area contributed by atoms with Gasteiger partial charge >= 0.3 is 0 Å². The molecule has 3 nitrogen and oxygen atoms in total. The Bertz CT molecular complexity index is 188. The molecule has 1 heterocycles. The monoisotopic (exact) mass is 242 g/mol. The van der Waals surface area contributed by atoms with Crippen molar-refractivity contribution in [1.82, 2.24) is 10.2 Å². The third-order valence-corrected chi connectivity index (χ3v) is 3.69. The molecule has 1 N–H and O–H groups in total. The highest BCUT2D eigenvalue weighted by atomic mass is 16.5. The number of likely N-dealkylation sites (N-methyl/N-ethyl adjacent to an activating group) is 1. The maximum absolute atomic E-state index is 5.64. The highest BCUT2D eigenvalue weighted by Crippen LogP contribution is 2.17. The van der Waals surface area contributed by atoms with E-state index in [0.717, 1.165) is 26.2 Å². The highest BCUT2D eigenvalue weighted by Gasteiger charge is 2.28. The Morgan fingerprint density at radius 2 is 2.12 bits per heavy atom. The minimum atomic E-state index is 0.390. The van der Waals surface area contributed by atoms with Gasteiger partial charge in [0.15, 0.2) is 0 Å². The van der Waals surface area contributed by atoms with E-state index >= 15 is 0 Å². The van der Waals surface area contributed by atoms with Gasteiger partial charge in [-0.05, 0) is 26.3 Å². The van der Waals surface area contributed by atoms with Crippen molar-refractivity contribution in [3.63, 3.8) is 0 Å². The Kier molecular flexibility index (Phi) is 7.09. The standard InChI is InChI=1S/C14H30N2O/c1-5-8-13(15-7-3)14(6-2)16-9-10-17-12(4)11-16/h12-15H,5-11H2,1-4H3. The fourth-order valence-electron chi connectivity index (χ4n) is 2.95. The van der Waals surface area contributed by atoms with E-state index in [4.69, 9.17) is 4.74 Å². The third kappa shape index (κ3) is 4.57. The second kappa shape index (κ2) is 8.06. The Balaban J connectivity index is 2.58. The molecule has 0 spiro atoms. The zero-order chi connectivity index (χ0) is 12.7. The lowest BCUT2D eigenvalue weighted by Gasteiger charge is -2.41. The van der Waals surface area contributed by atoms with Crippen molar-refractivity contribution >= 4 is 0 Å². The molecule has 3 atom stereocenters. The first-order valence-corrected chi connectivity index (χ1v) is 7.31. The molecule has 0 bridgehead atoms. The van der Waals surface area contributed by atoms with Gasteiger partial charge in [-0.3, -0.25) is 4.90 Å². The maximum Gasteiger partial charge on any atom is 0.0674 e. The number of hydrogen-bond acceptors (Lipinski definition) is 3. The Morgan fingerprint density at radius 3 is 2.65 bits per heavy atom. The van der Waals surface area contributed by atoms with Crippen LogP contribution in [0, 0.1) is 0 Å². The lowest BCUT2D eigenvalue weighted by Crippen LogP contribution is -2.54. The number of hydrogen-bond donors (Lipinski definition) is 1. The van der Waals surface area contributed by atoms with Gasteiger partial charge in [0.05, 0.1) is 12.7 Å². The molecule has 0 amide bonds. The second-order valence-corrected chi connectivity index (χ2v) is 5.10. The fourth-order valence-corrected chi connectivity index (χ4v) is 2.95. The molecule has 1 saturated heterocycles. The van der Waals surface area contributed by atoms with Crippen molar-refractivity contribution in [1.29, 1.82) is 0 Å². The van der Waals surface area contributed by atoms with Gasteiger partial charge in [0.25, 0.3) is 0 Å². The Labute approximate surface area is 107 Å². The smallest absolute Gasteiger partial charge is 0.0674 e. The summed E-state index contributed by atoms with van der Waals surface area (Å²) in [5.74, 6) is 0. The predicted molar refractivity (Wildman–Crippen MR) is 73.4 cm³/mol. The average Bonchev–Trinajstić information content (AvgIpc) is 2.31. The van der Waals surface area contributed by atoms with Crippen molar-refractivity contribution in [2.45, 2.75) is 65.1 Å².